The molecular weight excluding hydrogens is 176 g/mol. The van der Waals surface area contributed by atoms with Crippen LogP contribution in [-0.4, -0.2) is 19.7 Å². The van der Waals surface area contributed by atoms with E-state index in [1.165, 1.54) is 0 Å². The Morgan fingerprint density at radius 2 is 2.17 bits per heavy atom. The van der Waals surface area contributed by atoms with Crippen molar-refractivity contribution in [1.29, 1.82) is 0 Å². The average Bonchev–Trinajstić information content (AvgIpc) is 2.42. The van der Waals surface area contributed by atoms with Gasteiger partial charge in [0.05, 0.1) is 17.5 Å². The fourth-order valence-corrected chi connectivity index (χ4v) is 1.40. The minimum Gasteiger partial charge on any atom is -0.332 e. The van der Waals surface area contributed by atoms with Crippen LogP contribution >= 0.6 is 11.6 Å². The third-order valence-electron chi connectivity index (χ3n) is 1.76. The summed E-state index contributed by atoms with van der Waals surface area (Å²) in [5, 5.41) is 8.01. The lowest BCUT2D eigenvalue weighted by Gasteiger charge is -1.97. The molecule has 2 heterocycles. The van der Waals surface area contributed by atoms with Crippen LogP contribution in [0.1, 0.15) is 5.69 Å². The first-order valence-electron chi connectivity index (χ1n) is 3.50. The molecule has 0 aliphatic rings. The van der Waals surface area contributed by atoms with Crippen molar-refractivity contribution in [2.75, 3.05) is 0 Å². The van der Waals surface area contributed by atoms with E-state index in [0.717, 1.165) is 11.2 Å². The van der Waals surface area contributed by atoms with Crippen LogP contribution in [0, 0.1) is 6.92 Å². The van der Waals surface area contributed by atoms with E-state index < -0.39 is 0 Å². The molecule has 12 heavy (non-hydrogen) atoms. The van der Waals surface area contributed by atoms with Gasteiger partial charge < -0.3 is 4.57 Å². The summed E-state index contributed by atoms with van der Waals surface area (Å²) in [5.74, 6) is 0. The number of fused-ring (bicyclic) bond motifs is 1. The molecule has 4 nitrogen and oxygen atoms in total. The van der Waals surface area contributed by atoms with Gasteiger partial charge in [-0.05, 0) is 6.92 Å². The molecule has 0 radical (unpaired) electrons. The second kappa shape index (κ2) is 2.42. The standard InChI is InChI=1S/C7H7ClN4/c1-4-6-5(7(8)11-10-4)9-3-12(6)2/h3H,1-2H3. The predicted octanol–water partition coefficient (Wildman–Crippen LogP) is 1.33. The Hall–Kier alpha value is -1.16. The normalized spacial score (nSPS) is 10.9. The third kappa shape index (κ3) is 0.881. The lowest BCUT2D eigenvalue weighted by atomic mass is 10.3. The molecule has 5 heteroatoms. The Labute approximate surface area is 74.2 Å². The molecule has 0 bridgehead atoms. The maximum absolute atomic E-state index is 5.79. The molecule has 62 valence electrons. The maximum atomic E-state index is 5.79. The van der Waals surface area contributed by atoms with E-state index in [1.807, 2.05) is 18.5 Å². The molecule has 2 aromatic rings. The molecule has 0 saturated heterocycles. The number of rotatable bonds is 0. The van der Waals surface area contributed by atoms with Crippen molar-refractivity contribution in [3.63, 3.8) is 0 Å². The number of imidazole rings is 1. The Kier molecular flexibility index (Phi) is 1.51. The van der Waals surface area contributed by atoms with Crippen molar-refractivity contribution in [2.45, 2.75) is 6.92 Å². The molecule has 0 fully saturated rings. The van der Waals surface area contributed by atoms with Crippen LogP contribution < -0.4 is 0 Å². The highest BCUT2D eigenvalue weighted by Crippen LogP contribution is 2.19. The highest BCUT2D eigenvalue weighted by molar-refractivity contribution is 6.33. The molecule has 0 saturated carbocycles. The molecule has 0 aromatic carbocycles. The van der Waals surface area contributed by atoms with Crippen molar-refractivity contribution in [2.24, 2.45) is 7.05 Å². The van der Waals surface area contributed by atoms with Gasteiger partial charge in [0.15, 0.2) is 5.15 Å². The Morgan fingerprint density at radius 1 is 1.42 bits per heavy atom. The number of nitrogens with zero attached hydrogens (tertiary/aromatic N) is 4. The van der Waals surface area contributed by atoms with Gasteiger partial charge in [-0.3, -0.25) is 0 Å². The van der Waals surface area contributed by atoms with Gasteiger partial charge in [-0.2, -0.15) is 5.10 Å². The first-order valence-corrected chi connectivity index (χ1v) is 3.87. The van der Waals surface area contributed by atoms with Crippen molar-refractivity contribution >= 4 is 22.6 Å². The topological polar surface area (TPSA) is 43.6 Å². The van der Waals surface area contributed by atoms with Crippen LogP contribution in [0.5, 0.6) is 0 Å². The van der Waals surface area contributed by atoms with Gasteiger partial charge in [0.2, 0.25) is 0 Å². The van der Waals surface area contributed by atoms with E-state index in [9.17, 15) is 0 Å². The van der Waals surface area contributed by atoms with Crippen LogP contribution in [0.3, 0.4) is 0 Å². The molecule has 0 aliphatic carbocycles. The molecule has 0 spiro atoms. The quantitative estimate of drug-likeness (QED) is 0.617. The van der Waals surface area contributed by atoms with Gasteiger partial charge in [0.25, 0.3) is 0 Å². The van der Waals surface area contributed by atoms with Gasteiger partial charge in [-0.15, -0.1) is 5.10 Å². The fraction of sp³-hybridized carbons (Fsp3) is 0.286. The van der Waals surface area contributed by atoms with Crippen molar-refractivity contribution in [1.82, 2.24) is 19.7 Å². The second-order valence-electron chi connectivity index (χ2n) is 2.63. The summed E-state index contributed by atoms with van der Waals surface area (Å²) in [7, 11) is 1.90. The zero-order chi connectivity index (χ0) is 8.72. The molecule has 2 aromatic heterocycles. The van der Waals surface area contributed by atoms with Crippen molar-refractivity contribution < 1.29 is 0 Å². The van der Waals surface area contributed by atoms with Crippen LogP contribution in [0.2, 0.25) is 5.15 Å². The first kappa shape index (κ1) is 7.49. The number of halogens is 1. The van der Waals surface area contributed by atoms with Gasteiger partial charge in [0, 0.05) is 7.05 Å². The number of aromatic nitrogens is 4. The van der Waals surface area contributed by atoms with Gasteiger partial charge in [0.1, 0.15) is 5.52 Å². The van der Waals surface area contributed by atoms with Crippen LogP contribution in [0.4, 0.5) is 0 Å². The average molecular weight is 183 g/mol. The molecular formula is C7H7ClN4. The van der Waals surface area contributed by atoms with E-state index in [4.69, 9.17) is 11.6 Å². The largest absolute Gasteiger partial charge is 0.332 e. The Balaban J connectivity index is 2.98. The molecule has 0 amide bonds. The van der Waals surface area contributed by atoms with Crippen molar-refractivity contribution in [3.8, 4) is 0 Å². The summed E-state index contributed by atoms with van der Waals surface area (Å²) in [4.78, 5) is 4.11. The van der Waals surface area contributed by atoms with E-state index in [0.29, 0.717) is 10.7 Å². The number of hydrogen-bond acceptors (Lipinski definition) is 3. The van der Waals surface area contributed by atoms with Gasteiger partial charge in [-0.25, -0.2) is 4.98 Å². The zero-order valence-electron chi connectivity index (χ0n) is 6.74. The summed E-state index contributed by atoms with van der Waals surface area (Å²) in [6.07, 6.45) is 1.70. The van der Waals surface area contributed by atoms with Gasteiger partial charge in [-0.1, -0.05) is 11.6 Å². The second-order valence-corrected chi connectivity index (χ2v) is 2.99. The summed E-state index contributed by atoms with van der Waals surface area (Å²) < 4.78 is 1.88. The summed E-state index contributed by atoms with van der Waals surface area (Å²) in [5.41, 5.74) is 2.50. The highest BCUT2D eigenvalue weighted by Gasteiger charge is 2.08. The summed E-state index contributed by atoms with van der Waals surface area (Å²) in [6.45, 7) is 1.88. The van der Waals surface area contributed by atoms with E-state index in [2.05, 4.69) is 15.2 Å². The minimum atomic E-state index is 0.358. The van der Waals surface area contributed by atoms with Crippen LogP contribution in [-0.2, 0) is 7.05 Å². The van der Waals surface area contributed by atoms with E-state index in [1.54, 1.807) is 6.33 Å². The van der Waals surface area contributed by atoms with Crippen LogP contribution in [0.25, 0.3) is 11.0 Å². The summed E-state index contributed by atoms with van der Waals surface area (Å²) in [6, 6.07) is 0. The molecule has 0 unspecified atom stereocenters. The van der Waals surface area contributed by atoms with Crippen LogP contribution in [0.15, 0.2) is 6.33 Å². The number of aryl methyl sites for hydroxylation is 2. The predicted molar refractivity (Wildman–Crippen MR) is 46.1 cm³/mol. The smallest absolute Gasteiger partial charge is 0.179 e. The Morgan fingerprint density at radius 3 is 2.83 bits per heavy atom. The fourth-order valence-electron chi connectivity index (χ4n) is 1.22. The van der Waals surface area contributed by atoms with E-state index >= 15 is 0 Å². The maximum Gasteiger partial charge on any atom is 0.179 e. The Bertz CT molecular complexity index is 434. The molecule has 2 rings (SSSR count). The molecule has 0 aliphatic heterocycles. The van der Waals surface area contributed by atoms with Gasteiger partial charge >= 0.3 is 0 Å². The molecule has 0 N–H and O–H groups in total. The first-order chi connectivity index (χ1) is 5.70. The lowest BCUT2D eigenvalue weighted by Crippen LogP contribution is -1.93. The van der Waals surface area contributed by atoms with E-state index in [-0.39, 0.29) is 0 Å². The SMILES string of the molecule is Cc1nnc(Cl)c2ncn(C)c12. The number of hydrogen-bond donors (Lipinski definition) is 0. The van der Waals surface area contributed by atoms with Crippen molar-refractivity contribution in [3.05, 3.63) is 17.2 Å². The zero-order valence-corrected chi connectivity index (χ0v) is 7.50. The lowest BCUT2D eigenvalue weighted by molar-refractivity contribution is 0.923. The molecule has 0 atom stereocenters. The summed E-state index contributed by atoms with van der Waals surface area (Å²) >= 11 is 5.79. The third-order valence-corrected chi connectivity index (χ3v) is 2.02. The minimum absolute atomic E-state index is 0.358. The monoisotopic (exact) mass is 182 g/mol. The highest BCUT2D eigenvalue weighted by atomic mass is 35.5.